The van der Waals surface area contributed by atoms with Gasteiger partial charge in [0.05, 0.1) is 44.7 Å². The van der Waals surface area contributed by atoms with Crippen LogP contribution in [0.5, 0.6) is 5.75 Å². The molecule has 0 spiro atoms. The summed E-state index contributed by atoms with van der Waals surface area (Å²) in [4.78, 5) is 13.7. The molecule has 4 N–H and O–H groups in total. The van der Waals surface area contributed by atoms with Gasteiger partial charge >= 0.3 is 0 Å². The van der Waals surface area contributed by atoms with Crippen LogP contribution in [0.1, 0.15) is 0 Å². The second-order valence-electron chi connectivity index (χ2n) is 9.74. The second-order valence-corrected chi connectivity index (χ2v) is 10.6. The highest BCUT2D eigenvalue weighted by atomic mass is 35.5. The SMILES string of the molecule is O=c1c(-c2cc(-c3ccc(Cl)c(Cl)c3)nn2-c2ccccc2)coc2cc(O[C@@H]3O[C@H](CO)[C@@H](O)[C@H](O)[C@H]3O)ccc12. The molecule has 0 amide bonds. The topological polar surface area (TPSA) is 147 Å². The Bertz CT molecular complexity index is 1810. The van der Waals surface area contributed by atoms with Crippen LogP contribution in [0.25, 0.3) is 39.2 Å². The molecule has 0 aliphatic carbocycles. The van der Waals surface area contributed by atoms with Crippen LogP contribution in [0.3, 0.4) is 0 Å². The van der Waals surface area contributed by atoms with E-state index < -0.39 is 37.3 Å². The van der Waals surface area contributed by atoms with E-state index in [1.54, 1.807) is 28.9 Å². The Kier molecular flexibility index (Phi) is 7.77. The molecule has 5 atom stereocenters. The lowest BCUT2D eigenvalue weighted by Crippen LogP contribution is -2.60. The number of aromatic nitrogens is 2. The Morgan fingerprint density at radius 1 is 0.905 bits per heavy atom. The smallest absolute Gasteiger partial charge is 0.229 e. The van der Waals surface area contributed by atoms with Gasteiger partial charge in [-0.25, -0.2) is 4.68 Å². The minimum atomic E-state index is -1.59. The van der Waals surface area contributed by atoms with Crippen LogP contribution < -0.4 is 10.2 Å². The highest BCUT2D eigenvalue weighted by Crippen LogP contribution is 2.33. The number of nitrogens with zero attached hydrogens (tertiary/aromatic N) is 2. The monoisotopic (exact) mass is 610 g/mol. The van der Waals surface area contributed by atoms with Crippen LogP contribution in [0.15, 0.2) is 88.3 Å². The van der Waals surface area contributed by atoms with Crippen molar-refractivity contribution in [3.63, 3.8) is 0 Å². The number of halogens is 2. The van der Waals surface area contributed by atoms with Gasteiger partial charge in [-0.3, -0.25) is 4.79 Å². The highest BCUT2D eigenvalue weighted by molar-refractivity contribution is 6.42. The van der Waals surface area contributed by atoms with E-state index in [-0.39, 0.29) is 27.7 Å². The highest BCUT2D eigenvalue weighted by Gasteiger charge is 2.44. The number of hydrogen-bond acceptors (Lipinski definition) is 9. The number of ether oxygens (including phenoxy) is 2. The van der Waals surface area contributed by atoms with E-state index in [0.717, 1.165) is 5.69 Å². The van der Waals surface area contributed by atoms with Gasteiger partial charge in [-0.15, -0.1) is 0 Å². The lowest BCUT2D eigenvalue weighted by atomic mass is 9.99. The van der Waals surface area contributed by atoms with Crippen molar-refractivity contribution >= 4 is 34.2 Å². The van der Waals surface area contributed by atoms with Crippen molar-refractivity contribution in [3.05, 3.63) is 99.3 Å². The third-order valence-electron chi connectivity index (χ3n) is 7.05. The number of benzene rings is 3. The zero-order valence-electron chi connectivity index (χ0n) is 21.7. The second kappa shape index (κ2) is 11.5. The van der Waals surface area contributed by atoms with Gasteiger partial charge in [-0.05, 0) is 42.5 Å². The molecule has 1 fully saturated rings. The predicted octanol–water partition coefficient (Wildman–Crippen LogP) is 3.80. The predicted molar refractivity (Wildman–Crippen MR) is 155 cm³/mol. The number of hydrogen-bond donors (Lipinski definition) is 4. The largest absolute Gasteiger partial charge is 0.463 e. The molecule has 3 heterocycles. The molecule has 5 aromatic rings. The molecule has 12 heteroatoms. The van der Waals surface area contributed by atoms with Crippen LogP contribution in [0.4, 0.5) is 0 Å². The van der Waals surface area contributed by atoms with E-state index in [2.05, 4.69) is 0 Å². The van der Waals surface area contributed by atoms with Gasteiger partial charge in [0.1, 0.15) is 42.0 Å². The molecule has 42 heavy (non-hydrogen) atoms. The van der Waals surface area contributed by atoms with Crippen molar-refractivity contribution in [2.45, 2.75) is 30.7 Å². The van der Waals surface area contributed by atoms with Crippen LogP contribution in [-0.2, 0) is 4.74 Å². The molecule has 3 aromatic carbocycles. The molecular weight excluding hydrogens is 587 g/mol. The van der Waals surface area contributed by atoms with Gasteiger partial charge in [0.2, 0.25) is 11.7 Å². The average molecular weight is 611 g/mol. The maximum Gasteiger partial charge on any atom is 0.229 e. The van der Waals surface area contributed by atoms with Crippen LogP contribution in [0.2, 0.25) is 10.0 Å². The zero-order valence-corrected chi connectivity index (χ0v) is 23.2. The van der Waals surface area contributed by atoms with Crippen LogP contribution in [-0.4, -0.2) is 67.5 Å². The van der Waals surface area contributed by atoms with Gasteiger partial charge in [-0.1, -0.05) is 47.5 Å². The molecule has 0 radical (unpaired) electrons. The maximum atomic E-state index is 13.7. The Labute approximate surface area is 248 Å². The van der Waals surface area contributed by atoms with Gasteiger partial charge in [0.15, 0.2) is 0 Å². The Balaban J connectivity index is 1.38. The van der Waals surface area contributed by atoms with Crippen molar-refractivity contribution in [1.29, 1.82) is 0 Å². The van der Waals surface area contributed by atoms with Gasteiger partial charge < -0.3 is 34.3 Å². The van der Waals surface area contributed by atoms with E-state index >= 15 is 0 Å². The minimum Gasteiger partial charge on any atom is -0.463 e. The summed E-state index contributed by atoms with van der Waals surface area (Å²) < 4.78 is 18.6. The number of fused-ring (bicyclic) bond motifs is 1. The van der Waals surface area contributed by atoms with E-state index in [0.29, 0.717) is 27.0 Å². The number of rotatable bonds is 6. The number of para-hydroxylation sites is 1. The molecule has 2 aromatic heterocycles. The first kappa shape index (κ1) is 28.4. The molecule has 1 saturated heterocycles. The molecule has 0 saturated carbocycles. The Hall–Kier alpha value is -3.74. The summed E-state index contributed by atoms with van der Waals surface area (Å²) >= 11 is 12.3. The minimum absolute atomic E-state index is 0.166. The van der Waals surface area contributed by atoms with Crippen molar-refractivity contribution in [1.82, 2.24) is 9.78 Å². The van der Waals surface area contributed by atoms with Crippen molar-refractivity contribution < 1.29 is 34.3 Å². The van der Waals surface area contributed by atoms with Crippen molar-refractivity contribution in [2.75, 3.05) is 6.61 Å². The molecular formula is C30H24Cl2N2O8. The lowest BCUT2D eigenvalue weighted by Gasteiger charge is -2.39. The fourth-order valence-corrected chi connectivity index (χ4v) is 5.09. The lowest BCUT2D eigenvalue weighted by molar-refractivity contribution is -0.277. The van der Waals surface area contributed by atoms with E-state index in [1.165, 1.54) is 24.5 Å². The maximum absolute atomic E-state index is 13.7. The normalized spacial score (nSPS) is 22.4. The van der Waals surface area contributed by atoms with Crippen molar-refractivity contribution in [3.8, 4) is 34.0 Å². The van der Waals surface area contributed by atoms with Crippen LogP contribution >= 0.6 is 23.2 Å². The van der Waals surface area contributed by atoms with Crippen LogP contribution in [0, 0.1) is 0 Å². The summed E-state index contributed by atoms with van der Waals surface area (Å²) in [7, 11) is 0. The zero-order chi connectivity index (χ0) is 29.5. The molecule has 216 valence electrons. The van der Waals surface area contributed by atoms with E-state index in [9.17, 15) is 25.2 Å². The number of aliphatic hydroxyl groups is 4. The average Bonchev–Trinajstić information content (AvgIpc) is 3.44. The summed E-state index contributed by atoms with van der Waals surface area (Å²) in [5, 5.41) is 45.6. The molecule has 1 aliphatic rings. The van der Waals surface area contributed by atoms with E-state index in [4.69, 9.17) is 42.2 Å². The van der Waals surface area contributed by atoms with Crippen molar-refractivity contribution in [2.24, 2.45) is 0 Å². The van der Waals surface area contributed by atoms with Gasteiger partial charge in [0, 0.05) is 11.6 Å². The fraction of sp³-hybridized carbons (Fsp3) is 0.200. The first-order chi connectivity index (χ1) is 20.2. The molecule has 1 aliphatic heterocycles. The summed E-state index contributed by atoms with van der Waals surface area (Å²) in [6, 6.07) is 20.7. The summed E-state index contributed by atoms with van der Waals surface area (Å²) in [6.45, 7) is -0.591. The summed E-state index contributed by atoms with van der Waals surface area (Å²) in [5.74, 6) is 0.166. The molecule has 0 bridgehead atoms. The number of aliphatic hydroxyl groups excluding tert-OH is 4. The third-order valence-corrected chi connectivity index (χ3v) is 7.79. The standard InChI is InChI=1S/C30H24Cl2N2O8/c31-20-9-6-15(10-21(20)32)22-12-23(34(33-22)16-4-2-1-3-5-16)19-14-40-24-11-17(7-8-18(24)26(19)36)41-30-29(39)28(38)27(37)25(13-35)42-30/h1-12,14,25,27-30,35,37-39H,13H2/t25-,27-,28+,29-,30-/m1/s1. The summed E-state index contributed by atoms with van der Waals surface area (Å²) in [5.41, 5.74) is 2.61. The first-order valence-corrected chi connectivity index (χ1v) is 13.6. The molecule has 10 nitrogen and oxygen atoms in total. The Morgan fingerprint density at radius 2 is 1.69 bits per heavy atom. The van der Waals surface area contributed by atoms with Gasteiger partial charge in [0.25, 0.3) is 0 Å². The Morgan fingerprint density at radius 3 is 2.43 bits per heavy atom. The van der Waals surface area contributed by atoms with Gasteiger partial charge in [-0.2, -0.15) is 5.10 Å². The van der Waals surface area contributed by atoms with E-state index in [1.807, 2.05) is 30.3 Å². The quantitative estimate of drug-likeness (QED) is 0.225. The molecule has 0 unspecified atom stereocenters. The molecule has 6 rings (SSSR count). The third kappa shape index (κ3) is 5.18. The summed E-state index contributed by atoms with van der Waals surface area (Å²) in [6.07, 6.45) is -5.88. The first-order valence-electron chi connectivity index (χ1n) is 12.9. The fourth-order valence-electron chi connectivity index (χ4n) is 4.79.